The predicted octanol–water partition coefficient (Wildman–Crippen LogP) is 5.05. The predicted molar refractivity (Wildman–Crippen MR) is 113 cm³/mol. The lowest BCUT2D eigenvalue weighted by Gasteiger charge is -2.15. The lowest BCUT2D eigenvalue weighted by atomic mass is 10.0. The van der Waals surface area contributed by atoms with Crippen molar-refractivity contribution in [2.45, 2.75) is 26.3 Å². The van der Waals surface area contributed by atoms with Crippen molar-refractivity contribution in [1.82, 2.24) is 9.55 Å². The molecule has 0 fully saturated rings. The lowest BCUT2D eigenvalue weighted by Crippen LogP contribution is -2.27. The van der Waals surface area contributed by atoms with Crippen LogP contribution in [0.4, 0.5) is 0 Å². The van der Waals surface area contributed by atoms with Crippen LogP contribution in [0.5, 0.6) is 0 Å². The minimum Gasteiger partial charge on any atom is -0.383 e. The van der Waals surface area contributed by atoms with E-state index in [0.29, 0.717) is 18.5 Å². The molecule has 4 nitrogen and oxygen atoms in total. The van der Waals surface area contributed by atoms with E-state index in [0.717, 1.165) is 21.8 Å². The molecule has 0 amide bonds. The first-order valence-corrected chi connectivity index (χ1v) is 9.98. The van der Waals surface area contributed by atoms with Crippen molar-refractivity contribution < 1.29 is 4.74 Å². The highest BCUT2D eigenvalue weighted by atomic mass is 32.1. The molecule has 4 aromatic rings. The van der Waals surface area contributed by atoms with E-state index < -0.39 is 0 Å². The summed E-state index contributed by atoms with van der Waals surface area (Å²) in [6.45, 7) is 5.13. The van der Waals surface area contributed by atoms with Gasteiger partial charge in [0.1, 0.15) is 10.7 Å². The smallest absolute Gasteiger partial charge is 0.262 e. The second kappa shape index (κ2) is 7.25. The Kier molecular flexibility index (Phi) is 4.81. The van der Waals surface area contributed by atoms with Gasteiger partial charge in [0.2, 0.25) is 0 Å². The third-order valence-electron chi connectivity index (χ3n) is 4.82. The molecule has 2 aromatic heterocycles. The van der Waals surface area contributed by atoms with Gasteiger partial charge in [-0.1, -0.05) is 50.2 Å². The number of hydrogen-bond acceptors (Lipinski definition) is 4. The zero-order valence-electron chi connectivity index (χ0n) is 15.7. The van der Waals surface area contributed by atoms with Gasteiger partial charge in [0.15, 0.2) is 0 Å². The number of benzene rings is 2. The van der Waals surface area contributed by atoms with Crippen LogP contribution >= 0.6 is 11.3 Å². The van der Waals surface area contributed by atoms with Crippen LogP contribution in [-0.4, -0.2) is 23.3 Å². The first kappa shape index (κ1) is 17.9. The average molecular weight is 378 g/mol. The maximum Gasteiger partial charge on any atom is 0.262 e. The summed E-state index contributed by atoms with van der Waals surface area (Å²) in [4.78, 5) is 19.0. The molecule has 0 N–H and O–H groups in total. The van der Waals surface area contributed by atoms with Crippen LogP contribution in [0.15, 0.2) is 52.6 Å². The van der Waals surface area contributed by atoms with Crippen LogP contribution in [0.1, 0.15) is 25.6 Å². The Bertz CT molecular complexity index is 1170. The van der Waals surface area contributed by atoms with Crippen LogP contribution in [0, 0.1) is 0 Å². The Morgan fingerprint density at radius 3 is 2.67 bits per heavy atom. The maximum absolute atomic E-state index is 13.4. The van der Waals surface area contributed by atoms with Crippen LogP contribution in [-0.2, 0) is 11.3 Å². The van der Waals surface area contributed by atoms with Crippen molar-refractivity contribution in [3.63, 3.8) is 0 Å². The Hall–Kier alpha value is -2.50. The quantitative estimate of drug-likeness (QED) is 0.488. The number of rotatable bonds is 5. The van der Waals surface area contributed by atoms with E-state index in [1.54, 1.807) is 11.7 Å². The molecule has 2 heterocycles. The Balaban J connectivity index is 1.95. The summed E-state index contributed by atoms with van der Waals surface area (Å²) in [5.41, 5.74) is 2.03. The van der Waals surface area contributed by atoms with Gasteiger partial charge in [-0.25, -0.2) is 4.98 Å². The summed E-state index contributed by atoms with van der Waals surface area (Å²) in [7, 11) is 1.65. The number of aromatic nitrogens is 2. The summed E-state index contributed by atoms with van der Waals surface area (Å²) >= 11 is 1.54. The fraction of sp³-hybridized carbons (Fsp3) is 0.273. The van der Waals surface area contributed by atoms with Crippen molar-refractivity contribution in [1.29, 1.82) is 0 Å². The van der Waals surface area contributed by atoms with Gasteiger partial charge >= 0.3 is 0 Å². The zero-order valence-corrected chi connectivity index (χ0v) is 16.5. The fourth-order valence-corrected chi connectivity index (χ4v) is 4.39. The van der Waals surface area contributed by atoms with Gasteiger partial charge in [-0.3, -0.25) is 9.36 Å². The van der Waals surface area contributed by atoms with Crippen molar-refractivity contribution in [3.8, 4) is 11.1 Å². The van der Waals surface area contributed by atoms with Crippen LogP contribution in [0.2, 0.25) is 0 Å². The highest BCUT2D eigenvalue weighted by molar-refractivity contribution is 7.17. The zero-order chi connectivity index (χ0) is 19.0. The minimum absolute atomic E-state index is 0.0187. The minimum atomic E-state index is 0.0187. The van der Waals surface area contributed by atoms with Gasteiger partial charge in [-0.2, -0.15) is 0 Å². The molecular weight excluding hydrogens is 356 g/mol. The normalized spacial score (nSPS) is 11.7. The summed E-state index contributed by atoms with van der Waals surface area (Å²) in [6, 6.07) is 14.6. The molecule has 138 valence electrons. The molecule has 0 aliphatic heterocycles. The van der Waals surface area contributed by atoms with Crippen molar-refractivity contribution in [2.24, 2.45) is 0 Å². The molecule has 0 radical (unpaired) electrons. The summed E-state index contributed by atoms with van der Waals surface area (Å²) in [6.07, 6.45) is 0. The molecule has 2 aromatic carbocycles. The second-order valence-corrected chi connectivity index (χ2v) is 7.82. The van der Waals surface area contributed by atoms with Gasteiger partial charge < -0.3 is 4.74 Å². The van der Waals surface area contributed by atoms with E-state index in [4.69, 9.17) is 9.72 Å². The maximum atomic E-state index is 13.4. The van der Waals surface area contributed by atoms with Crippen LogP contribution in [0.25, 0.3) is 32.1 Å². The van der Waals surface area contributed by atoms with Crippen molar-refractivity contribution >= 4 is 32.3 Å². The van der Waals surface area contributed by atoms with E-state index >= 15 is 0 Å². The van der Waals surface area contributed by atoms with E-state index in [2.05, 4.69) is 44.2 Å². The highest BCUT2D eigenvalue weighted by Gasteiger charge is 2.18. The lowest BCUT2D eigenvalue weighted by molar-refractivity contribution is 0.184. The molecule has 0 unspecified atom stereocenters. The van der Waals surface area contributed by atoms with Gasteiger partial charge in [-0.05, 0) is 22.4 Å². The molecule has 0 atom stereocenters. The first-order chi connectivity index (χ1) is 13.1. The van der Waals surface area contributed by atoms with E-state index in [1.807, 2.05) is 17.5 Å². The monoisotopic (exact) mass is 378 g/mol. The van der Waals surface area contributed by atoms with Crippen molar-refractivity contribution in [2.75, 3.05) is 13.7 Å². The largest absolute Gasteiger partial charge is 0.383 e. The SMILES string of the molecule is COCCn1c(C(C)C)nc2scc(-c3ccc4ccccc4c3)c2c1=O. The number of fused-ring (bicyclic) bond motifs is 2. The topological polar surface area (TPSA) is 44.1 Å². The number of methoxy groups -OCH3 is 1. The summed E-state index contributed by atoms with van der Waals surface area (Å²) in [5.74, 6) is 0.988. The first-order valence-electron chi connectivity index (χ1n) is 9.10. The van der Waals surface area contributed by atoms with E-state index in [1.165, 1.54) is 22.1 Å². The number of nitrogens with zero attached hydrogens (tertiary/aromatic N) is 2. The Labute approximate surface area is 162 Å². The third-order valence-corrected chi connectivity index (χ3v) is 5.69. The molecule has 0 saturated carbocycles. The number of ether oxygens (including phenoxy) is 1. The second-order valence-electron chi connectivity index (χ2n) is 6.97. The van der Waals surface area contributed by atoms with Gasteiger partial charge in [0, 0.05) is 24.0 Å². The molecule has 0 bridgehead atoms. The molecule has 0 spiro atoms. The average Bonchev–Trinajstić information content (AvgIpc) is 3.11. The molecule has 0 aliphatic carbocycles. The Morgan fingerprint density at radius 2 is 1.93 bits per heavy atom. The third kappa shape index (κ3) is 3.17. The molecule has 5 heteroatoms. The molecular formula is C22H22N2O2S. The number of thiophene rings is 1. The highest BCUT2D eigenvalue weighted by Crippen LogP contribution is 2.33. The van der Waals surface area contributed by atoms with Gasteiger partial charge in [-0.15, -0.1) is 11.3 Å². The fourth-order valence-electron chi connectivity index (χ4n) is 3.45. The summed E-state index contributed by atoms with van der Waals surface area (Å²) in [5, 5.41) is 5.11. The van der Waals surface area contributed by atoms with Gasteiger partial charge in [0.05, 0.1) is 18.5 Å². The molecule has 0 aliphatic rings. The van der Waals surface area contributed by atoms with Gasteiger partial charge in [0.25, 0.3) is 5.56 Å². The van der Waals surface area contributed by atoms with Crippen molar-refractivity contribution in [3.05, 3.63) is 64.0 Å². The van der Waals surface area contributed by atoms with E-state index in [-0.39, 0.29) is 11.5 Å². The van der Waals surface area contributed by atoms with Crippen LogP contribution < -0.4 is 5.56 Å². The number of hydrogen-bond donors (Lipinski definition) is 0. The summed E-state index contributed by atoms with van der Waals surface area (Å²) < 4.78 is 6.98. The van der Waals surface area contributed by atoms with E-state index in [9.17, 15) is 4.79 Å². The molecule has 0 saturated heterocycles. The Morgan fingerprint density at radius 1 is 1.15 bits per heavy atom. The standard InChI is InChI=1S/C22H22N2O2S/c1-14(2)20-23-21-19(22(25)24(20)10-11-26-3)18(13-27-21)17-9-8-15-6-4-5-7-16(15)12-17/h4-9,12-14H,10-11H2,1-3H3. The molecule has 27 heavy (non-hydrogen) atoms. The van der Waals surface area contributed by atoms with Crippen LogP contribution in [0.3, 0.4) is 0 Å². The molecule has 4 rings (SSSR count).